The second-order valence-corrected chi connectivity index (χ2v) is 7.05. The fourth-order valence-electron chi connectivity index (χ4n) is 3.98. The van der Waals surface area contributed by atoms with Crippen molar-refractivity contribution in [3.63, 3.8) is 0 Å². The quantitative estimate of drug-likeness (QED) is 0.706. The Bertz CT molecular complexity index is 949. The summed E-state index contributed by atoms with van der Waals surface area (Å²) in [5.41, 5.74) is 2.95. The highest BCUT2D eigenvalue weighted by molar-refractivity contribution is 5.78. The van der Waals surface area contributed by atoms with E-state index in [9.17, 15) is 4.79 Å². The van der Waals surface area contributed by atoms with Gasteiger partial charge in [0.1, 0.15) is 17.3 Å². The number of benzene rings is 2. The number of likely N-dealkylation sites (tertiary alicyclic amines) is 1. The lowest BCUT2D eigenvalue weighted by Gasteiger charge is -2.26. The zero-order valence-corrected chi connectivity index (χ0v) is 16.3. The van der Waals surface area contributed by atoms with Crippen molar-refractivity contribution in [3.8, 4) is 11.5 Å². The zero-order valence-electron chi connectivity index (χ0n) is 16.3. The number of hydrogen-bond acceptors (Lipinski definition) is 4. The molecule has 146 valence electrons. The maximum atomic E-state index is 13.0. The number of methoxy groups -OCH3 is 2. The Morgan fingerprint density at radius 3 is 2.86 bits per heavy atom. The maximum absolute atomic E-state index is 13.0. The summed E-state index contributed by atoms with van der Waals surface area (Å²) >= 11 is 0. The summed E-state index contributed by atoms with van der Waals surface area (Å²) in [6, 6.07) is 13.7. The monoisotopic (exact) mass is 379 g/mol. The topological polar surface area (TPSA) is 67.5 Å². The standard InChI is InChI=1S/C22H25N3O3/c1-27-15-9-10-20(28-2)16(14-15)19-8-5-13-25(19)22(26)12-11-21-23-17-6-3-4-7-18(17)24-21/h3-4,6-7,9-10,14,19H,5,8,11-13H2,1-2H3,(H,23,24)/t19-/m1/s1. The number of nitrogens with one attached hydrogen (secondary N) is 1. The van der Waals surface area contributed by atoms with Crippen LogP contribution in [0.3, 0.4) is 0 Å². The van der Waals surface area contributed by atoms with E-state index in [0.717, 1.165) is 53.3 Å². The largest absolute Gasteiger partial charge is 0.497 e. The number of ether oxygens (including phenoxy) is 2. The van der Waals surface area contributed by atoms with Gasteiger partial charge in [-0.15, -0.1) is 0 Å². The molecule has 4 rings (SSSR count). The highest BCUT2D eigenvalue weighted by Gasteiger charge is 2.32. The van der Waals surface area contributed by atoms with Crippen molar-refractivity contribution in [2.45, 2.75) is 31.7 Å². The summed E-state index contributed by atoms with van der Waals surface area (Å²) < 4.78 is 10.9. The van der Waals surface area contributed by atoms with Crippen molar-refractivity contribution in [3.05, 3.63) is 53.9 Å². The summed E-state index contributed by atoms with van der Waals surface area (Å²) in [6.07, 6.45) is 2.95. The molecule has 6 heteroatoms. The molecular weight excluding hydrogens is 354 g/mol. The molecule has 6 nitrogen and oxygen atoms in total. The number of hydrogen-bond donors (Lipinski definition) is 1. The molecule has 3 aromatic rings. The lowest BCUT2D eigenvalue weighted by atomic mass is 10.0. The molecule has 1 amide bonds. The molecule has 1 aliphatic rings. The van der Waals surface area contributed by atoms with Crippen LogP contribution in [0.1, 0.15) is 36.7 Å². The average Bonchev–Trinajstić information content (AvgIpc) is 3.38. The van der Waals surface area contributed by atoms with Crippen molar-refractivity contribution < 1.29 is 14.3 Å². The highest BCUT2D eigenvalue weighted by Crippen LogP contribution is 2.39. The van der Waals surface area contributed by atoms with Gasteiger partial charge in [-0.2, -0.15) is 0 Å². The van der Waals surface area contributed by atoms with E-state index in [-0.39, 0.29) is 11.9 Å². The van der Waals surface area contributed by atoms with E-state index in [0.29, 0.717) is 12.8 Å². The van der Waals surface area contributed by atoms with Gasteiger partial charge in [0.25, 0.3) is 0 Å². The van der Waals surface area contributed by atoms with Crippen molar-refractivity contribution in [1.82, 2.24) is 14.9 Å². The normalized spacial score (nSPS) is 16.5. The fourth-order valence-corrected chi connectivity index (χ4v) is 3.98. The first kappa shape index (κ1) is 18.3. The second kappa shape index (κ2) is 7.92. The van der Waals surface area contributed by atoms with E-state index in [4.69, 9.17) is 9.47 Å². The predicted molar refractivity (Wildman–Crippen MR) is 108 cm³/mol. The summed E-state index contributed by atoms with van der Waals surface area (Å²) in [6.45, 7) is 0.768. The van der Waals surface area contributed by atoms with Crippen molar-refractivity contribution in [2.75, 3.05) is 20.8 Å². The van der Waals surface area contributed by atoms with Crippen molar-refractivity contribution in [2.24, 2.45) is 0 Å². The van der Waals surface area contributed by atoms with E-state index in [1.807, 2.05) is 47.4 Å². The molecular formula is C22H25N3O3. The van der Waals surface area contributed by atoms with Gasteiger partial charge in [-0.25, -0.2) is 4.98 Å². The van der Waals surface area contributed by atoms with Crippen LogP contribution in [0.5, 0.6) is 11.5 Å². The third-order valence-electron chi connectivity index (χ3n) is 5.38. The van der Waals surface area contributed by atoms with Crippen LogP contribution >= 0.6 is 0 Å². The van der Waals surface area contributed by atoms with Crippen LogP contribution in [0, 0.1) is 0 Å². The van der Waals surface area contributed by atoms with Gasteiger partial charge in [0.2, 0.25) is 5.91 Å². The Morgan fingerprint density at radius 1 is 1.21 bits per heavy atom. The van der Waals surface area contributed by atoms with E-state index in [1.165, 1.54) is 0 Å². The molecule has 0 spiro atoms. The zero-order chi connectivity index (χ0) is 19.5. The molecule has 1 fully saturated rings. The Morgan fingerprint density at radius 2 is 2.07 bits per heavy atom. The van der Waals surface area contributed by atoms with Crippen LogP contribution in [-0.2, 0) is 11.2 Å². The number of aromatic nitrogens is 2. The molecule has 0 unspecified atom stereocenters. The summed E-state index contributed by atoms with van der Waals surface area (Å²) in [5, 5.41) is 0. The number of fused-ring (bicyclic) bond motifs is 1. The predicted octanol–water partition coefficient (Wildman–Crippen LogP) is 3.88. The average molecular weight is 379 g/mol. The van der Waals surface area contributed by atoms with Crippen molar-refractivity contribution in [1.29, 1.82) is 0 Å². The smallest absolute Gasteiger partial charge is 0.223 e. The third-order valence-corrected chi connectivity index (χ3v) is 5.38. The van der Waals surface area contributed by atoms with E-state index in [2.05, 4.69) is 9.97 Å². The summed E-state index contributed by atoms with van der Waals surface area (Å²) in [7, 11) is 3.31. The molecule has 28 heavy (non-hydrogen) atoms. The van der Waals surface area contributed by atoms with Crippen LogP contribution in [0.15, 0.2) is 42.5 Å². The van der Waals surface area contributed by atoms with Crippen LogP contribution < -0.4 is 9.47 Å². The molecule has 2 heterocycles. The second-order valence-electron chi connectivity index (χ2n) is 7.05. The number of para-hydroxylation sites is 2. The molecule has 1 atom stereocenters. The molecule has 1 aliphatic heterocycles. The number of imidazole rings is 1. The van der Waals surface area contributed by atoms with Gasteiger partial charge in [-0.3, -0.25) is 4.79 Å². The third kappa shape index (κ3) is 3.54. The van der Waals surface area contributed by atoms with Crippen LogP contribution in [0.4, 0.5) is 0 Å². The Balaban J connectivity index is 1.49. The first-order valence-electron chi connectivity index (χ1n) is 9.64. The lowest BCUT2D eigenvalue weighted by molar-refractivity contribution is -0.132. The number of aryl methyl sites for hydroxylation is 1. The molecule has 0 aliphatic carbocycles. The molecule has 1 saturated heterocycles. The number of carbonyl (C=O) groups is 1. The SMILES string of the molecule is COc1ccc(OC)c([C@H]2CCCN2C(=O)CCc2nc3ccccc3[nH]2)c1. The van der Waals surface area contributed by atoms with Gasteiger partial charge in [0.15, 0.2) is 0 Å². The lowest BCUT2D eigenvalue weighted by Crippen LogP contribution is -2.31. The van der Waals surface area contributed by atoms with Gasteiger partial charge < -0.3 is 19.4 Å². The Kier molecular flexibility index (Phi) is 5.19. The maximum Gasteiger partial charge on any atom is 0.223 e. The summed E-state index contributed by atoms with van der Waals surface area (Å²) in [4.78, 5) is 22.8. The molecule has 1 aromatic heterocycles. The van der Waals surface area contributed by atoms with Crippen LogP contribution in [-0.4, -0.2) is 41.5 Å². The number of H-pyrrole nitrogens is 1. The summed E-state index contributed by atoms with van der Waals surface area (Å²) in [5.74, 6) is 2.57. The van der Waals surface area contributed by atoms with Gasteiger partial charge in [0, 0.05) is 24.9 Å². The molecule has 0 radical (unpaired) electrons. The van der Waals surface area contributed by atoms with Gasteiger partial charge in [-0.05, 0) is 43.2 Å². The molecule has 2 aromatic carbocycles. The molecule has 1 N–H and O–H groups in total. The van der Waals surface area contributed by atoms with Gasteiger partial charge in [-0.1, -0.05) is 12.1 Å². The molecule has 0 bridgehead atoms. The first-order chi connectivity index (χ1) is 13.7. The number of carbonyl (C=O) groups excluding carboxylic acids is 1. The number of aromatic amines is 1. The first-order valence-corrected chi connectivity index (χ1v) is 9.64. The fraction of sp³-hybridized carbons (Fsp3) is 0.364. The highest BCUT2D eigenvalue weighted by atomic mass is 16.5. The minimum absolute atomic E-state index is 0.0215. The van der Waals surface area contributed by atoms with Crippen molar-refractivity contribution >= 4 is 16.9 Å². The number of nitrogens with zero attached hydrogens (tertiary/aromatic N) is 2. The van der Waals surface area contributed by atoms with E-state index >= 15 is 0 Å². The van der Waals surface area contributed by atoms with Gasteiger partial charge in [0.05, 0.1) is 31.3 Å². The van der Waals surface area contributed by atoms with Crippen LogP contribution in [0.2, 0.25) is 0 Å². The van der Waals surface area contributed by atoms with Gasteiger partial charge >= 0.3 is 0 Å². The van der Waals surface area contributed by atoms with E-state index in [1.54, 1.807) is 14.2 Å². The Hall–Kier alpha value is -3.02. The minimum atomic E-state index is 0.0215. The number of rotatable bonds is 6. The minimum Gasteiger partial charge on any atom is -0.497 e. The number of amides is 1. The van der Waals surface area contributed by atoms with E-state index < -0.39 is 0 Å². The molecule has 0 saturated carbocycles. The van der Waals surface area contributed by atoms with Crippen LogP contribution in [0.25, 0.3) is 11.0 Å². The Labute approximate surface area is 164 Å².